The number of carbonyl (C=O) groups is 2. The lowest BCUT2D eigenvalue weighted by Gasteiger charge is -2.33. The van der Waals surface area contributed by atoms with Gasteiger partial charge in [0, 0.05) is 42.7 Å². The van der Waals surface area contributed by atoms with Gasteiger partial charge in [0.1, 0.15) is 23.1 Å². The van der Waals surface area contributed by atoms with Crippen LogP contribution < -0.4 is 16.2 Å². The fourth-order valence-corrected chi connectivity index (χ4v) is 6.61. The Morgan fingerprint density at radius 2 is 1.89 bits per heavy atom. The van der Waals surface area contributed by atoms with E-state index in [0.717, 1.165) is 47.2 Å². The zero-order valence-corrected chi connectivity index (χ0v) is 25.7. The van der Waals surface area contributed by atoms with Crippen molar-refractivity contribution in [2.45, 2.75) is 38.0 Å². The molecular formula is C33H33ClFN7O3. The van der Waals surface area contributed by atoms with Gasteiger partial charge in [0.25, 0.3) is 5.91 Å². The molecule has 2 amide bonds. The summed E-state index contributed by atoms with van der Waals surface area (Å²) in [6.07, 6.45) is 1.38. The molecule has 45 heavy (non-hydrogen) atoms. The molecule has 2 aliphatic rings. The number of benzene rings is 2. The van der Waals surface area contributed by atoms with Gasteiger partial charge in [-0.25, -0.2) is 14.4 Å². The largest absolute Gasteiger partial charge is 0.494 e. The van der Waals surface area contributed by atoms with Gasteiger partial charge < -0.3 is 30.2 Å². The summed E-state index contributed by atoms with van der Waals surface area (Å²) in [6, 6.07) is 14.1. The Morgan fingerprint density at radius 3 is 2.58 bits per heavy atom. The van der Waals surface area contributed by atoms with Crippen molar-refractivity contribution in [3.8, 4) is 28.5 Å². The van der Waals surface area contributed by atoms with Gasteiger partial charge in [-0.05, 0) is 67.6 Å². The topological polar surface area (TPSA) is 134 Å². The number of nitrogens with zero attached hydrogens (tertiary/aromatic N) is 5. The lowest BCUT2D eigenvalue weighted by molar-refractivity contribution is 0.0606. The minimum Gasteiger partial charge on any atom is -0.494 e. The summed E-state index contributed by atoms with van der Waals surface area (Å²) in [4.78, 5) is 36.7. The first-order chi connectivity index (χ1) is 21.6. The summed E-state index contributed by atoms with van der Waals surface area (Å²) in [5.41, 5.74) is 16.6. The van der Waals surface area contributed by atoms with Gasteiger partial charge in [-0.1, -0.05) is 17.7 Å². The van der Waals surface area contributed by atoms with E-state index in [0.29, 0.717) is 40.8 Å². The third-order valence-electron chi connectivity index (χ3n) is 8.76. The molecule has 4 heterocycles. The predicted octanol–water partition coefficient (Wildman–Crippen LogP) is 4.94. The van der Waals surface area contributed by atoms with Crippen LogP contribution in [0, 0.1) is 5.92 Å². The molecule has 12 heteroatoms. The maximum atomic E-state index is 14.3. The fourth-order valence-electron chi connectivity index (χ4n) is 6.33. The van der Waals surface area contributed by atoms with E-state index in [4.69, 9.17) is 37.8 Å². The summed E-state index contributed by atoms with van der Waals surface area (Å²) in [5.74, 6) is 0.849. The van der Waals surface area contributed by atoms with Gasteiger partial charge in [-0.3, -0.25) is 9.59 Å². The van der Waals surface area contributed by atoms with Crippen molar-refractivity contribution in [2.24, 2.45) is 24.4 Å². The molecule has 0 radical (unpaired) electrons. The van der Waals surface area contributed by atoms with Gasteiger partial charge in [0.2, 0.25) is 5.91 Å². The number of carbonyl (C=O) groups excluding carboxylic acids is 2. The van der Waals surface area contributed by atoms with Crippen LogP contribution in [0.3, 0.4) is 0 Å². The number of methoxy groups -OCH3 is 1. The van der Waals surface area contributed by atoms with Gasteiger partial charge in [0.15, 0.2) is 5.82 Å². The molecule has 7 rings (SSSR count). The second kappa shape index (κ2) is 11.1. The van der Waals surface area contributed by atoms with Crippen LogP contribution in [0.5, 0.6) is 5.75 Å². The summed E-state index contributed by atoms with van der Waals surface area (Å²) in [6.45, 7) is 1.09. The number of imidazole rings is 1. The Balaban J connectivity index is 1.33. The number of hydrogen-bond acceptors (Lipinski definition) is 6. The number of alkyl halides is 1. The van der Waals surface area contributed by atoms with Crippen LogP contribution in [0.2, 0.25) is 5.02 Å². The van der Waals surface area contributed by atoms with Crippen LogP contribution >= 0.6 is 11.6 Å². The van der Waals surface area contributed by atoms with Crippen molar-refractivity contribution < 1.29 is 18.7 Å². The Morgan fingerprint density at radius 1 is 1.09 bits per heavy atom. The lowest BCUT2D eigenvalue weighted by Crippen LogP contribution is -2.50. The third kappa shape index (κ3) is 5.29. The van der Waals surface area contributed by atoms with Gasteiger partial charge in [0.05, 0.1) is 41.1 Å². The van der Waals surface area contributed by atoms with Crippen LogP contribution in [0.15, 0.2) is 48.5 Å². The van der Waals surface area contributed by atoms with E-state index in [1.165, 1.54) is 4.90 Å². The molecule has 2 aromatic carbocycles. The number of hydrogen-bond donors (Lipinski definition) is 2. The highest BCUT2D eigenvalue weighted by Crippen LogP contribution is 2.38. The zero-order valence-electron chi connectivity index (χ0n) is 25.0. The number of amides is 2. The average Bonchev–Trinajstić information content (AvgIpc) is 3.68. The molecule has 0 spiro atoms. The molecule has 10 nitrogen and oxygen atoms in total. The summed E-state index contributed by atoms with van der Waals surface area (Å²) in [7, 11) is 3.48. The number of aromatic nitrogens is 4. The first-order valence-electron chi connectivity index (χ1n) is 14.9. The fraction of sp³-hybridized carbons (Fsp3) is 0.333. The average molecular weight is 630 g/mol. The van der Waals surface area contributed by atoms with Crippen molar-refractivity contribution in [1.82, 2.24) is 24.0 Å². The molecule has 2 fully saturated rings. The molecule has 232 valence electrons. The smallest absolute Gasteiger partial charge is 0.254 e. The third-order valence-corrected chi connectivity index (χ3v) is 9.07. The van der Waals surface area contributed by atoms with E-state index in [9.17, 15) is 14.0 Å². The highest BCUT2D eigenvalue weighted by atomic mass is 35.5. The number of nitrogens with two attached hydrogens (primary N) is 2. The Bertz CT molecular complexity index is 1990. The minimum absolute atomic E-state index is 0.0120. The van der Waals surface area contributed by atoms with Crippen LogP contribution in [0.1, 0.15) is 40.0 Å². The van der Waals surface area contributed by atoms with E-state index >= 15 is 0 Å². The van der Waals surface area contributed by atoms with Gasteiger partial charge >= 0.3 is 0 Å². The number of rotatable bonds is 7. The van der Waals surface area contributed by atoms with Gasteiger partial charge in [-0.2, -0.15) is 0 Å². The molecule has 1 aliphatic heterocycles. The maximum absolute atomic E-state index is 14.3. The molecule has 3 aromatic heterocycles. The van der Waals surface area contributed by atoms with E-state index in [-0.39, 0.29) is 29.5 Å². The van der Waals surface area contributed by atoms with Crippen molar-refractivity contribution >= 4 is 45.5 Å². The molecule has 0 unspecified atom stereocenters. The SMILES string of the molecule is COc1cc(C(=O)N2C[C@H](N)C[C@@H](F)C2)cc2nc(-c3cc4ccc(-c5ccc(C(N)=O)c(Cl)c5)nc4n3CC3CC3)n(C)c12. The Labute approximate surface area is 263 Å². The van der Waals surface area contributed by atoms with Crippen LogP contribution in [-0.2, 0) is 13.6 Å². The van der Waals surface area contributed by atoms with E-state index < -0.39 is 18.1 Å². The van der Waals surface area contributed by atoms with Crippen LogP contribution in [0.4, 0.5) is 4.39 Å². The number of piperidine rings is 1. The predicted molar refractivity (Wildman–Crippen MR) is 171 cm³/mol. The highest BCUT2D eigenvalue weighted by Gasteiger charge is 2.30. The summed E-state index contributed by atoms with van der Waals surface area (Å²) < 4.78 is 24.2. The maximum Gasteiger partial charge on any atom is 0.254 e. The van der Waals surface area contributed by atoms with Crippen molar-refractivity contribution in [3.63, 3.8) is 0 Å². The quantitative estimate of drug-likeness (QED) is 0.262. The summed E-state index contributed by atoms with van der Waals surface area (Å²) >= 11 is 6.35. The van der Waals surface area contributed by atoms with Crippen molar-refractivity contribution in [3.05, 3.63) is 64.7 Å². The van der Waals surface area contributed by atoms with Crippen LogP contribution in [-0.4, -0.2) is 68.2 Å². The molecule has 1 saturated carbocycles. The molecule has 0 bridgehead atoms. The Kier molecular flexibility index (Phi) is 7.25. The van der Waals surface area contributed by atoms with Crippen molar-refractivity contribution in [1.29, 1.82) is 0 Å². The molecule has 4 N–H and O–H groups in total. The number of primary amides is 1. The molecule has 1 aliphatic carbocycles. The number of fused-ring (bicyclic) bond motifs is 2. The highest BCUT2D eigenvalue weighted by molar-refractivity contribution is 6.34. The normalized spacial score (nSPS) is 18.6. The van der Waals surface area contributed by atoms with Crippen LogP contribution in [0.25, 0.3) is 44.8 Å². The Hall–Kier alpha value is -4.48. The molecule has 1 saturated heterocycles. The first-order valence-corrected chi connectivity index (χ1v) is 15.3. The standard InChI is InChI=1S/C33H33ClFN7O3/c1-40-29-26(10-20(12-28(29)45-2)33(44)41-15-21(35)13-22(36)16-41)39-32(40)27-11-19-6-8-25(38-31(19)42(27)14-17-3-4-17)18-5-7-23(30(37)43)24(34)9-18/h5-12,17,21-22H,3-4,13-16,36H2,1-2H3,(H2,37,43)/t21-,22-/m1/s1. The lowest BCUT2D eigenvalue weighted by atomic mass is 10.0. The number of aryl methyl sites for hydroxylation is 1. The number of likely N-dealkylation sites (tertiary alicyclic amines) is 1. The zero-order chi connectivity index (χ0) is 31.6. The molecule has 5 aromatic rings. The minimum atomic E-state index is -1.15. The number of halogens is 2. The molecular weight excluding hydrogens is 597 g/mol. The summed E-state index contributed by atoms with van der Waals surface area (Å²) in [5, 5.41) is 1.22. The van der Waals surface area contributed by atoms with E-state index in [1.807, 2.05) is 23.7 Å². The van der Waals surface area contributed by atoms with E-state index in [2.05, 4.69) is 10.6 Å². The number of ether oxygens (including phenoxy) is 1. The van der Waals surface area contributed by atoms with E-state index in [1.54, 1.807) is 37.4 Å². The number of pyridine rings is 1. The monoisotopic (exact) mass is 629 g/mol. The molecule has 2 atom stereocenters. The van der Waals surface area contributed by atoms with Gasteiger partial charge in [-0.15, -0.1) is 0 Å². The first kappa shape index (κ1) is 29.2. The second-order valence-corrected chi connectivity index (χ2v) is 12.5. The van der Waals surface area contributed by atoms with Crippen molar-refractivity contribution in [2.75, 3.05) is 20.2 Å². The second-order valence-electron chi connectivity index (χ2n) is 12.1.